The maximum absolute atomic E-state index is 15.4. The molecule has 1 fully saturated rings. The number of nitrogens with one attached hydrogen (secondary N) is 1. The molecule has 5 rings (SSSR count). The van der Waals surface area contributed by atoms with Gasteiger partial charge in [-0.25, -0.2) is 13.8 Å². The van der Waals surface area contributed by atoms with Crippen LogP contribution < -0.4 is 5.32 Å². The minimum Gasteiger partial charge on any atom is -0.509 e. The number of rotatable bonds is 12. The van der Waals surface area contributed by atoms with Crippen LogP contribution in [0.2, 0.25) is 5.02 Å². The summed E-state index contributed by atoms with van der Waals surface area (Å²) in [6, 6.07) is 8.92. The van der Waals surface area contributed by atoms with Crippen molar-refractivity contribution >= 4 is 35.1 Å². The van der Waals surface area contributed by atoms with E-state index in [1.54, 1.807) is 6.92 Å². The SMILES string of the molecule is CC12CCCN1N(Cc1ccc(CCCCCCC(=O)O)c(F)c1F)C(=O)C(C(=O)Nc1ccc(Cl)cc1-c1ccc(C(F)(F)F)nc1)=C2O. The van der Waals surface area contributed by atoms with Gasteiger partial charge in [0.15, 0.2) is 11.6 Å². The third-order valence-electron chi connectivity index (χ3n) is 9.06. The van der Waals surface area contributed by atoms with E-state index in [2.05, 4.69) is 10.3 Å². The maximum atomic E-state index is 15.4. The van der Waals surface area contributed by atoms with Crippen molar-refractivity contribution in [3.63, 3.8) is 0 Å². The molecule has 266 valence electrons. The molecule has 3 heterocycles. The molecule has 2 aromatic carbocycles. The number of benzene rings is 2. The number of hydrogen-bond acceptors (Lipinski definition) is 6. The fourth-order valence-electron chi connectivity index (χ4n) is 6.37. The number of alkyl halides is 3. The fraction of sp³-hybridized carbons (Fsp3) is 0.371. The van der Waals surface area contributed by atoms with Gasteiger partial charge in [0.1, 0.15) is 17.0 Å². The quantitative estimate of drug-likeness (QED) is 0.0990. The number of unbranched alkanes of at least 4 members (excludes halogenated alkanes) is 3. The lowest BCUT2D eigenvalue weighted by atomic mass is 9.90. The van der Waals surface area contributed by atoms with Crippen molar-refractivity contribution in [2.75, 3.05) is 11.9 Å². The largest absolute Gasteiger partial charge is 0.509 e. The van der Waals surface area contributed by atoms with Crippen molar-refractivity contribution < 1.29 is 46.5 Å². The van der Waals surface area contributed by atoms with Crippen LogP contribution in [0.5, 0.6) is 0 Å². The maximum Gasteiger partial charge on any atom is 0.433 e. The average molecular weight is 721 g/mol. The van der Waals surface area contributed by atoms with Crippen LogP contribution in [0, 0.1) is 11.6 Å². The van der Waals surface area contributed by atoms with Crippen molar-refractivity contribution in [2.24, 2.45) is 0 Å². The standard InChI is InChI=1S/C35H34ClF5N4O5/c1-34-15-6-16-45(34)44(19-22-10-9-20(29(37)30(22)38)7-4-2-3-5-8-27(46)47)33(50)28(31(34)48)32(49)43-25-13-12-23(36)17-24(25)21-11-14-26(42-18-21)35(39,40)41/h9-14,17-18,48H,2-8,15-16,19H2,1H3,(H,43,49)(H,46,47). The van der Waals surface area contributed by atoms with E-state index >= 15 is 8.78 Å². The van der Waals surface area contributed by atoms with E-state index in [0.29, 0.717) is 38.5 Å². The van der Waals surface area contributed by atoms with E-state index in [9.17, 15) is 32.7 Å². The van der Waals surface area contributed by atoms with Gasteiger partial charge in [-0.3, -0.25) is 24.4 Å². The number of carboxylic acids is 1. The minimum atomic E-state index is -4.67. The van der Waals surface area contributed by atoms with E-state index in [0.717, 1.165) is 23.3 Å². The first-order chi connectivity index (χ1) is 23.6. The second-order valence-corrected chi connectivity index (χ2v) is 12.9. The molecule has 0 bridgehead atoms. The number of carboxylic acid groups (broad SMARTS) is 1. The molecule has 0 radical (unpaired) electrons. The average Bonchev–Trinajstić information content (AvgIpc) is 3.47. The Balaban J connectivity index is 1.38. The van der Waals surface area contributed by atoms with E-state index in [1.807, 2.05) is 0 Å². The molecule has 3 N–H and O–H groups in total. The molecule has 3 aromatic rings. The molecule has 2 aliphatic rings. The number of aliphatic hydroxyl groups excluding tert-OH is 1. The van der Waals surface area contributed by atoms with Gasteiger partial charge in [0.05, 0.1) is 12.1 Å². The first-order valence-electron chi connectivity index (χ1n) is 16.0. The van der Waals surface area contributed by atoms with Crippen molar-refractivity contribution in [3.05, 3.63) is 93.5 Å². The number of halogens is 6. The predicted octanol–water partition coefficient (Wildman–Crippen LogP) is 7.84. The number of carbonyl (C=O) groups excluding carboxylic acids is 2. The number of aryl methyl sites for hydroxylation is 1. The zero-order chi connectivity index (χ0) is 36.4. The highest BCUT2D eigenvalue weighted by Crippen LogP contribution is 2.42. The highest BCUT2D eigenvalue weighted by atomic mass is 35.5. The number of carbonyl (C=O) groups is 3. The van der Waals surface area contributed by atoms with E-state index in [1.165, 1.54) is 35.3 Å². The molecule has 9 nitrogen and oxygen atoms in total. The molecular weight excluding hydrogens is 687 g/mol. The van der Waals surface area contributed by atoms with Crippen LogP contribution in [0.15, 0.2) is 60.0 Å². The molecule has 0 saturated carbocycles. The number of fused-ring (bicyclic) bond motifs is 1. The summed E-state index contributed by atoms with van der Waals surface area (Å²) in [6.45, 7) is 1.47. The molecule has 2 amide bonds. The van der Waals surface area contributed by atoms with Gasteiger partial charge in [0, 0.05) is 46.6 Å². The summed E-state index contributed by atoms with van der Waals surface area (Å²) in [7, 11) is 0. The van der Waals surface area contributed by atoms with Gasteiger partial charge in [-0.05, 0) is 68.9 Å². The van der Waals surface area contributed by atoms with Crippen LogP contribution in [0.4, 0.5) is 27.6 Å². The number of hydrazine groups is 1. The zero-order valence-corrected chi connectivity index (χ0v) is 27.7. The van der Waals surface area contributed by atoms with E-state index in [-0.39, 0.29) is 52.4 Å². The Morgan fingerprint density at radius 3 is 2.40 bits per heavy atom. The molecule has 15 heteroatoms. The summed E-state index contributed by atoms with van der Waals surface area (Å²) < 4.78 is 69.9. The molecular formula is C35H34ClF5N4O5. The normalized spacial score (nSPS) is 18.1. The highest BCUT2D eigenvalue weighted by Gasteiger charge is 2.52. The summed E-state index contributed by atoms with van der Waals surface area (Å²) >= 11 is 6.16. The van der Waals surface area contributed by atoms with Gasteiger partial charge in [-0.1, -0.05) is 42.6 Å². The Bertz CT molecular complexity index is 1840. The Hall–Kier alpha value is -4.56. The third-order valence-corrected chi connectivity index (χ3v) is 9.30. The monoisotopic (exact) mass is 720 g/mol. The first kappa shape index (κ1) is 36.7. The van der Waals surface area contributed by atoms with Gasteiger partial charge in [-0.2, -0.15) is 13.2 Å². The van der Waals surface area contributed by atoms with Crippen LogP contribution in [0.1, 0.15) is 68.7 Å². The Labute approximate surface area is 289 Å². The van der Waals surface area contributed by atoms with Gasteiger partial charge >= 0.3 is 12.1 Å². The van der Waals surface area contributed by atoms with Gasteiger partial charge in [-0.15, -0.1) is 0 Å². The number of aromatic nitrogens is 1. The molecule has 50 heavy (non-hydrogen) atoms. The van der Waals surface area contributed by atoms with Crippen molar-refractivity contribution in [1.29, 1.82) is 0 Å². The number of nitrogens with zero attached hydrogens (tertiary/aromatic N) is 3. The number of pyridine rings is 1. The second-order valence-electron chi connectivity index (χ2n) is 12.5. The smallest absolute Gasteiger partial charge is 0.433 e. The molecule has 1 atom stereocenters. The van der Waals surface area contributed by atoms with Gasteiger partial charge < -0.3 is 15.5 Å². The van der Waals surface area contributed by atoms with Crippen LogP contribution in [-0.2, 0) is 33.5 Å². The molecule has 1 aromatic heterocycles. The molecule has 1 saturated heterocycles. The lowest BCUT2D eigenvalue weighted by molar-refractivity contribution is -0.160. The second kappa shape index (κ2) is 14.7. The predicted molar refractivity (Wildman–Crippen MR) is 174 cm³/mol. The number of aliphatic carboxylic acids is 1. The number of hydrogen-bond donors (Lipinski definition) is 3. The molecule has 1 unspecified atom stereocenters. The Morgan fingerprint density at radius 2 is 1.72 bits per heavy atom. The minimum absolute atomic E-state index is 0.0436. The lowest BCUT2D eigenvalue weighted by Crippen LogP contribution is -2.60. The Kier molecular flexibility index (Phi) is 10.8. The topological polar surface area (TPSA) is 123 Å². The van der Waals surface area contributed by atoms with Crippen molar-refractivity contribution in [1.82, 2.24) is 15.0 Å². The number of anilines is 1. The van der Waals surface area contributed by atoms with Gasteiger partial charge in [0.2, 0.25) is 0 Å². The summed E-state index contributed by atoms with van der Waals surface area (Å²) in [5, 5.41) is 25.5. The van der Waals surface area contributed by atoms with Crippen LogP contribution in [0.25, 0.3) is 11.1 Å². The summed E-state index contributed by atoms with van der Waals surface area (Å²) in [5.41, 5.74) is -2.55. The summed E-state index contributed by atoms with van der Waals surface area (Å²) in [5.74, 6) is -5.60. The first-order valence-corrected chi connectivity index (χ1v) is 16.3. The van der Waals surface area contributed by atoms with Gasteiger partial charge in [0.25, 0.3) is 11.8 Å². The van der Waals surface area contributed by atoms with Crippen LogP contribution in [-0.4, -0.2) is 55.1 Å². The fourth-order valence-corrected chi connectivity index (χ4v) is 6.54. The van der Waals surface area contributed by atoms with Crippen LogP contribution >= 0.6 is 11.6 Å². The Morgan fingerprint density at radius 1 is 1.02 bits per heavy atom. The number of amides is 2. The lowest BCUT2D eigenvalue weighted by Gasteiger charge is -2.46. The summed E-state index contributed by atoms with van der Waals surface area (Å²) in [4.78, 5) is 41.9. The molecule has 0 spiro atoms. The number of aliphatic hydroxyl groups is 1. The molecule has 0 aliphatic carbocycles. The van der Waals surface area contributed by atoms with Crippen molar-refractivity contribution in [3.8, 4) is 11.1 Å². The zero-order valence-electron chi connectivity index (χ0n) is 26.9. The van der Waals surface area contributed by atoms with Crippen molar-refractivity contribution in [2.45, 2.75) is 76.6 Å². The highest BCUT2D eigenvalue weighted by molar-refractivity contribution is 6.31. The molecule has 2 aliphatic heterocycles. The third kappa shape index (κ3) is 7.60. The van der Waals surface area contributed by atoms with Crippen LogP contribution in [0.3, 0.4) is 0 Å². The van der Waals surface area contributed by atoms with E-state index in [4.69, 9.17) is 16.7 Å². The van der Waals surface area contributed by atoms with E-state index < -0.39 is 64.7 Å². The summed E-state index contributed by atoms with van der Waals surface area (Å²) in [6.07, 6.45) is -0.269.